The summed E-state index contributed by atoms with van der Waals surface area (Å²) >= 11 is 12.1. The number of nitrogens with one attached hydrogen (secondary N) is 1. The molecule has 0 heterocycles. The Balaban J connectivity index is 2.09. The molecule has 0 spiro atoms. The van der Waals surface area contributed by atoms with Crippen molar-refractivity contribution in [1.82, 2.24) is 5.32 Å². The Kier molecular flexibility index (Phi) is 4.25. The highest BCUT2D eigenvalue weighted by Gasteiger charge is 2.48. The fraction of sp³-hybridized carbons (Fsp3) is 0.600. The molecule has 1 aromatic rings. The number of benzene rings is 1. The third kappa shape index (κ3) is 2.54. The SMILES string of the molecule is CCCNC1CC(c2ccc(Cl)c(Cl)c2)C1(C)C. The summed E-state index contributed by atoms with van der Waals surface area (Å²) in [5.41, 5.74) is 1.59. The summed E-state index contributed by atoms with van der Waals surface area (Å²) in [6.07, 6.45) is 2.37. The molecule has 0 bridgehead atoms. The van der Waals surface area contributed by atoms with E-state index in [0.717, 1.165) is 6.54 Å². The van der Waals surface area contributed by atoms with Gasteiger partial charge in [0.15, 0.2) is 0 Å². The van der Waals surface area contributed by atoms with Gasteiger partial charge in [-0.1, -0.05) is 50.0 Å². The van der Waals surface area contributed by atoms with Crippen molar-refractivity contribution in [3.05, 3.63) is 33.8 Å². The summed E-state index contributed by atoms with van der Waals surface area (Å²) in [4.78, 5) is 0. The van der Waals surface area contributed by atoms with Gasteiger partial charge in [-0.15, -0.1) is 0 Å². The van der Waals surface area contributed by atoms with Gasteiger partial charge in [-0.25, -0.2) is 0 Å². The monoisotopic (exact) mass is 285 g/mol. The van der Waals surface area contributed by atoms with Crippen molar-refractivity contribution in [2.45, 2.75) is 45.6 Å². The Morgan fingerprint density at radius 2 is 2.00 bits per heavy atom. The predicted octanol–water partition coefficient (Wildman–Crippen LogP) is 4.88. The van der Waals surface area contributed by atoms with E-state index >= 15 is 0 Å². The molecule has 2 rings (SSSR count). The Labute approximate surface area is 120 Å². The van der Waals surface area contributed by atoms with Crippen LogP contribution in [0.15, 0.2) is 18.2 Å². The Morgan fingerprint density at radius 3 is 2.56 bits per heavy atom. The van der Waals surface area contributed by atoms with E-state index in [-0.39, 0.29) is 5.41 Å². The maximum atomic E-state index is 6.10. The normalized spacial score (nSPS) is 25.8. The van der Waals surface area contributed by atoms with Crippen molar-refractivity contribution in [3.8, 4) is 0 Å². The van der Waals surface area contributed by atoms with Crippen LogP contribution in [0.25, 0.3) is 0 Å². The number of hydrogen-bond donors (Lipinski definition) is 1. The molecule has 18 heavy (non-hydrogen) atoms. The van der Waals surface area contributed by atoms with Crippen LogP contribution in [0.1, 0.15) is 45.1 Å². The summed E-state index contributed by atoms with van der Waals surface area (Å²) in [5.74, 6) is 0.571. The molecule has 1 aromatic carbocycles. The van der Waals surface area contributed by atoms with Crippen molar-refractivity contribution in [1.29, 1.82) is 0 Å². The molecular formula is C15H21Cl2N. The largest absolute Gasteiger partial charge is 0.313 e. The maximum absolute atomic E-state index is 6.10. The van der Waals surface area contributed by atoms with E-state index in [1.807, 2.05) is 12.1 Å². The van der Waals surface area contributed by atoms with Gasteiger partial charge in [-0.3, -0.25) is 0 Å². The summed E-state index contributed by atoms with van der Waals surface area (Å²) in [5, 5.41) is 4.92. The molecule has 1 aliphatic rings. The molecule has 1 nitrogen and oxygen atoms in total. The van der Waals surface area contributed by atoms with Crippen LogP contribution < -0.4 is 5.32 Å². The zero-order valence-corrected chi connectivity index (χ0v) is 12.8. The average molecular weight is 286 g/mol. The van der Waals surface area contributed by atoms with Crippen molar-refractivity contribution in [2.75, 3.05) is 6.54 Å². The van der Waals surface area contributed by atoms with Gasteiger partial charge < -0.3 is 5.32 Å². The van der Waals surface area contributed by atoms with Gasteiger partial charge in [0.05, 0.1) is 10.0 Å². The number of hydrogen-bond acceptors (Lipinski definition) is 1. The van der Waals surface area contributed by atoms with Crippen LogP contribution in [0.5, 0.6) is 0 Å². The van der Waals surface area contributed by atoms with Gasteiger partial charge in [-0.2, -0.15) is 0 Å². The first-order valence-corrected chi connectivity index (χ1v) is 7.40. The molecule has 1 fully saturated rings. The zero-order valence-electron chi connectivity index (χ0n) is 11.3. The molecular weight excluding hydrogens is 265 g/mol. The molecule has 2 unspecified atom stereocenters. The molecule has 0 saturated heterocycles. The third-order valence-electron chi connectivity index (χ3n) is 4.25. The molecule has 100 valence electrons. The first kappa shape index (κ1) is 14.2. The lowest BCUT2D eigenvalue weighted by molar-refractivity contribution is 0.0695. The zero-order chi connectivity index (χ0) is 13.3. The average Bonchev–Trinajstić information content (AvgIpc) is 2.32. The minimum absolute atomic E-state index is 0.284. The van der Waals surface area contributed by atoms with E-state index in [9.17, 15) is 0 Å². The minimum atomic E-state index is 0.284. The number of halogens is 2. The standard InChI is InChI=1S/C15H21Cl2N/c1-4-7-18-14-9-11(15(14,2)3)10-5-6-12(16)13(17)8-10/h5-6,8,11,14,18H,4,7,9H2,1-3H3. The van der Waals surface area contributed by atoms with Crippen LogP contribution in [0, 0.1) is 5.41 Å². The predicted molar refractivity (Wildman–Crippen MR) is 79.7 cm³/mol. The topological polar surface area (TPSA) is 12.0 Å². The Morgan fingerprint density at radius 1 is 1.28 bits per heavy atom. The fourth-order valence-corrected chi connectivity index (χ4v) is 3.19. The van der Waals surface area contributed by atoms with E-state index in [1.54, 1.807) is 0 Å². The van der Waals surface area contributed by atoms with Crippen molar-refractivity contribution >= 4 is 23.2 Å². The molecule has 0 radical (unpaired) electrons. The lowest BCUT2D eigenvalue weighted by Gasteiger charge is -2.53. The van der Waals surface area contributed by atoms with Crippen LogP contribution in [0.3, 0.4) is 0 Å². The van der Waals surface area contributed by atoms with Crippen LogP contribution in [-0.2, 0) is 0 Å². The summed E-state index contributed by atoms with van der Waals surface area (Å²) < 4.78 is 0. The van der Waals surface area contributed by atoms with Crippen molar-refractivity contribution in [2.24, 2.45) is 5.41 Å². The van der Waals surface area contributed by atoms with Gasteiger partial charge in [0.25, 0.3) is 0 Å². The molecule has 0 aliphatic heterocycles. The fourth-order valence-electron chi connectivity index (χ4n) is 2.89. The van der Waals surface area contributed by atoms with Gasteiger partial charge in [0.2, 0.25) is 0 Å². The molecule has 3 heteroatoms. The Hall–Kier alpha value is -0.240. The first-order valence-electron chi connectivity index (χ1n) is 6.65. The summed E-state index contributed by atoms with van der Waals surface area (Å²) in [6.45, 7) is 7.96. The molecule has 1 N–H and O–H groups in total. The van der Waals surface area contributed by atoms with Crippen LogP contribution in [-0.4, -0.2) is 12.6 Å². The van der Waals surface area contributed by atoms with Crippen molar-refractivity contribution in [3.63, 3.8) is 0 Å². The van der Waals surface area contributed by atoms with E-state index < -0.39 is 0 Å². The quantitative estimate of drug-likeness (QED) is 0.832. The highest BCUT2D eigenvalue weighted by Crippen LogP contribution is 2.52. The van der Waals surface area contributed by atoms with Crippen LogP contribution in [0.4, 0.5) is 0 Å². The Bertz CT molecular complexity index is 429. The smallest absolute Gasteiger partial charge is 0.0595 e. The molecule has 1 saturated carbocycles. The van der Waals surface area contributed by atoms with E-state index in [2.05, 4.69) is 32.2 Å². The van der Waals surface area contributed by atoms with Gasteiger partial charge in [0.1, 0.15) is 0 Å². The second kappa shape index (κ2) is 5.40. The maximum Gasteiger partial charge on any atom is 0.0595 e. The summed E-state index contributed by atoms with van der Waals surface area (Å²) in [7, 11) is 0. The van der Waals surface area contributed by atoms with Crippen LogP contribution in [0.2, 0.25) is 10.0 Å². The van der Waals surface area contributed by atoms with E-state index in [4.69, 9.17) is 23.2 Å². The van der Waals surface area contributed by atoms with Crippen LogP contribution >= 0.6 is 23.2 Å². The summed E-state index contributed by atoms with van der Waals surface area (Å²) in [6, 6.07) is 6.64. The highest BCUT2D eigenvalue weighted by atomic mass is 35.5. The lowest BCUT2D eigenvalue weighted by atomic mass is 9.56. The van der Waals surface area contributed by atoms with Crippen molar-refractivity contribution < 1.29 is 0 Å². The van der Waals surface area contributed by atoms with E-state index in [0.29, 0.717) is 22.0 Å². The molecule has 0 aromatic heterocycles. The van der Waals surface area contributed by atoms with E-state index in [1.165, 1.54) is 18.4 Å². The van der Waals surface area contributed by atoms with Gasteiger partial charge in [0, 0.05) is 6.04 Å². The molecule has 2 atom stereocenters. The highest BCUT2D eigenvalue weighted by molar-refractivity contribution is 6.42. The third-order valence-corrected chi connectivity index (χ3v) is 4.99. The molecule has 1 aliphatic carbocycles. The molecule has 0 amide bonds. The minimum Gasteiger partial charge on any atom is -0.313 e. The van der Waals surface area contributed by atoms with Gasteiger partial charge in [-0.05, 0) is 48.4 Å². The first-order chi connectivity index (χ1) is 8.46. The number of rotatable bonds is 4. The lowest BCUT2D eigenvalue weighted by Crippen LogP contribution is -2.55. The second-order valence-corrected chi connectivity index (χ2v) is 6.60. The van der Waals surface area contributed by atoms with Gasteiger partial charge >= 0.3 is 0 Å². The second-order valence-electron chi connectivity index (χ2n) is 5.79.